The van der Waals surface area contributed by atoms with Crippen molar-refractivity contribution in [3.05, 3.63) is 58.6 Å². The van der Waals surface area contributed by atoms with Gasteiger partial charge in [0.25, 0.3) is 0 Å². The number of anilines is 2. The second kappa shape index (κ2) is 5.24. The van der Waals surface area contributed by atoms with E-state index in [1.54, 1.807) is 0 Å². The van der Waals surface area contributed by atoms with E-state index in [9.17, 15) is 0 Å². The van der Waals surface area contributed by atoms with Crippen molar-refractivity contribution in [2.24, 2.45) is 0 Å². The molecule has 2 heteroatoms. The van der Waals surface area contributed by atoms with E-state index >= 15 is 0 Å². The van der Waals surface area contributed by atoms with Crippen LogP contribution in [-0.4, -0.2) is 0 Å². The summed E-state index contributed by atoms with van der Waals surface area (Å²) in [6.07, 6.45) is 1.01. The largest absolute Gasteiger partial charge is 0.354 e. The molecule has 0 atom stereocenters. The quantitative estimate of drug-likeness (QED) is 0.806. The van der Waals surface area contributed by atoms with Gasteiger partial charge in [-0.3, -0.25) is 0 Å². The van der Waals surface area contributed by atoms with Gasteiger partial charge in [-0.2, -0.15) is 0 Å². The summed E-state index contributed by atoms with van der Waals surface area (Å²) in [7, 11) is 0. The van der Waals surface area contributed by atoms with Crippen molar-refractivity contribution in [2.75, 3.05) is 5.32 Å². The van der Waals surface area contributed by atoms with Crippen molar-refractivity contribution in [1.29, 1.82) is 0 Å². The van der Waals surface area contributed by atoms with Gasteiger partial charge in [-0.25, -0.2) is 0 Å². The molecule has 2 aromatic rings. The van der Waals surface area contributed by atoms with Crippen LogP contribution in [0.25, 0.3) is 0 Å². The molecule has 0 aliphatic rings. The van der Waals surface area contributed by atoms with Crippen molar-refractivity contribution in [3.8, 4) is 0 Å². The van der Waals surface area contributed by atoms with E-state index in [2.05, 4.69) is 43.4 Å². The Morgan fingerprint density at radius 1 is 1.06 bits per heavy atom. The summed E-state index contributed by atoms with van der Waals surface area (Å²) in [6, 6.07) is 14.2. The Labute approximate surface area is 107 Å². The smallest absolute Gasteiger partial charge is 0.0643 e. The van der Waals surface area contributed by atoms with Gasteiger partial charge in [-0.15, -0.1) is 0 Å². The van der Waals surface area contributed by atoms with Gasteiger partial charge in [0.2, 0.25) is 0 Å². The Balaban J connectivity index is 2.38. The molecule has 0 saturated carbocycles. The molecule has 88 valence electrons. The van der Waals surface area contributed by atoms with Gasteiger partial charge in [0, 0.05) is 5.69 Å². The Bertz CT molecular complexity index is 500. The van der Waals surface area contributed by atoms with Crippen LogP contribution in [0.2, 0.25) is 5.02 Å². The molecule has 2 aromatic carbocycles. The number of halogens is 1. The highest BCUT2D eigenvalue weighted by atomic mass is 35.5. The van der Waals surface area contributed by atoms with E-state index in [0.29, 0.717) is 0 Å². The second-order valence-corrected chi connectivity index (χ2v) is 4.47. The van der Waals surface area contributed by atoms with E-state index in [1.807, 2.05) is 18.2 Å². The average Bonchev–Trinajstić information content (AvgIpc) is 2.34. The highest BCUT2D eigenvalue weighted by molar-refractivity contribution is 6.33. The molecule has 0 unspecified atom stereocenters. The fourth-order valence-electron chi connectivity index (χ4n) is 1.88. The van der Waals surface area contributed by atoms with Gasteiger partial charge in [-0.1, -0.05) is 48.9 Å². The van der Waals surface area contributed by atoms with Crippen LogP contribution in [0.5, 0.6) is 0 Å². The lowest BCUT2D eigenvalue weighted by atomic mass is 10.1. The van der Waals surface area contributed by atoms with Gasteiger partial charge in [-0.05, 0) is 36.6 Å². The van der Waals surface area contributed by atoms with Crippen LogP contribution in [0, 0.1) is 6.92 Å². The molecule has 0 amide bonds. The Hall–Kier alpha value is -1.47. The maximum Gasteiger partial charge on any atom is 0.0643 e. The first-order valence-electron chi connectivity index (χ1n) is 5.82. The summed E-state index contributed by atoms with van der Waals surface area (Å²) in [5, 5.41) is 4.19. The fourth-order valence-corrected chi connectivity index (χ4v) is 2.14. The first-order valence-corrected chi connectivity index (χ1v) is 6.20. The summed E-state index contributed by atoms with van der Waals surface area (Å²) >= 11 is 6.21. The van der Waals surface area contributed by atoms with Gasteiger partial charge in [0.1, 0.15) is 0 Å². The average molecular weight is 246 g/mol. The van der Waals surface area contributed by atoms with Crippen LogP contribution in [0.1, 0.15) is 18.1 Å². The van der Waals surface area contributed by atoms with Crippen LogP contribution in [0.3, 0.4) is 0 Å². The van der Waals surface area contributed by atoms with E-state index in [0.717, 1.165) is 28.4 Å². The van der Waals surface area contributed by atoms with Crippen molar-refractivity contribution < 1.29 is 0 Å². The first-order chi connectivity index (χ1) is 8.22. The molecule has 0 aromatic heterocycles. The molecule has 0 fully saturated rings. The molecule has 0 bridgehead atoms. The van der Waals surface area contributed by atoms with Gasteiger partial charge >= 0.3 is 0 Å². The topological polar surface area (TPSA) is 12.0 Å². The molecule has 0 radical (unpaired) electrons. The highest BCUT2D eigenvalue weighted by Crippen LogP contribution is 2.30. The Morgan fingerprint density at radius 2 is 1.82 bits per heavy atom. The number of aryl methyl sites for hydroxylation is 2. The third-order valence-electron chi connectivity index (χ3n) is 2.88. The number of benzene rings is 2. The first kappa shape index (κ1) is 12.0. The normalized spacial score (nSPS) is 10.3. The second-order valence-electron chi connectivity index (χ2n) is 4.07. The van der Waals surface area contributed by atoms with E-state index in [4.69, 9.17) is 11.6 Å². The molecule has 0 aliphatic heterocycles. The monoisotopic (exact) mass is 245 g/mol. The molecule has 0 spiro atoms. The van der Waals surface area contributed by atoms with Crippen molar-refractivity contribution in [2.45, 2.75) is 20.3 Å². The predicted octanol–water partition coefficient (Wildman–Crippen LogP) is 4.95. The maximum absolute atomic E-state index is 6.21. The zero-order valence-corrected chi connectivity index (χ0v) is 10.9. The SMILES string of the molecule is CCc1ccccc1Nc1c(C)cccc1Cl. The Kier molecular flexibility index (Phi) is 3.70. The van der Waals surface area contributed by atoms with E-state index in [-0.39, 0.29) is 0 Å². The molecule has 0 heterocycles. The molecule has 0 aliphatic carbocycles. The third kappa shape index (κ3) is 2.62. The van der Waals surface area contributed by atoms with Crippen LogP contribution < -0.4 is 5.32 Å². The van der Waals surface area contributed by atoms with Crippen LogP contribution in [0.4, 0.5) is 11.4 Å². The lowest BCUT2D eigenvalue weighted by Crippen LogP contribution is -1.97. The number of hydrogen-bond donors (Lipinski definition) is 1. The van der Waals surface area contributed by atoms with Gasteiger partial charge < -0.3 is 5.32 Å². The maximum atomic E-state index is 6.21. The molecule has 1 N–H and O–H groups in total. The molecule has 0 saturated heterocycles. The number of hydrogen-bond acceptors (Lipinski definition) is 1. The minimum atomic E-state index is 0.760. The van der Waals surface area contributed by atoms with Gasteiger partial charge in [0.15, 0.2) is 0 Å². The summed E-state index contributed by atoms with van der Waals surface area (Å²) in [5.41, 5.74) is 4.58. The fraction of sp³-hybridized carbons (Fsp3) is 0.200. The molecular formula is C15H16ClN. The van der Waals surface area contributed by atoms with Crippen molar-refractivity contribution in [1.82, 2.24) is 0 Å². The summed E-state index contributed by atoms with van der Waals surface area (Å²) in [6.45, 7) is 4.21. The summed E-state index contributed by atoms with van der Waals surface area (Å²) < 4.78 is 0. The number of para-hydroxylation sites is 2. The van der Waals surface area contributed by atoms with Crippen LogP contribution in [0.15, 0.2) is 42.5 Å². The lowest BCUT2D eigenvalue weighted by molar-refractivity contribution is 1.14. The lowest BCUT2D eigenvalue weighted by Gasteiger charge is -2.14. The zero-order valence-electron chi connectivity index (χ0n) is 10.1. The molecule has 1 nitrogen and oxygen atoms in total. The van der Waals surface area contributed by atoms with Crippen LogP contribution in [-0.2, 0) is 6.42 Å². The van der Waals surface area contributed by atoms with Gasteiger partial charge in [0.05, 0.1) is 10.7 Å². The number of nitrogens with one attached hydrogen (secondary N) is 1. The molecule has 17 heavy (non-hydrogen) atoms. The van der Waals surface area contributed by atoms with Crippen LogP contribution >= 0.6 is 11.6 Å². The highest BCUT2D eigenvalue weighted by Gasteiger charge is 2.05. The van der Waals surface area contributed by atoms with E-state index < -0.39 is 0 Å². The third-order valence-corrected chi connectivity index (χ3v) is 3.19. The minimum absolute atomic E-state index is 0.760. The summed E-state index contributed by atoms with van der Waals surface area (Å²) in [4.78, 5) is 0. The number of rotatable bonds is 3. The minimum Gasteiger partial charge on any atom is -0.354 e. The molecule has 2 rings (SSSR count). The summed E-state index contributed by atoms with van der Waals surface area (Å²) in [5.74, 6) is 0. The predicted molar refractivity (Wildman–Crippen MR) is 75.3 cm³/mol. The standard InChI is InChI=1S/C15H16ClN/c1-3-12-8-4-5-10-14(12)17-15-11(2)7-6-9-13(15)16/h4-10,17H,3H2,1-2H3. The molecular weight excluding hydrogens is 230 g/mol. The zero-order chi connectivity index (χ0) is 12.3. The van der Waals surface area contributed by atoms with Crippen molar-refractivity contribution in [3.63, 3.8) is 0 Å². The van der Waals surface area contributed by atoms with E-state index in [1.165, 1.54) is 5.56 Å². The Morgan fingerprint density at radius 3 is 2.53 bits per heavy atom. The van der Waals surface area contributed by atoms with Crippen molar-refractivity contribution >= 4 is 23.0 Å².